The number of piperidine rings is 1. The van der Waals surface area contributed by atoms with Crippen LogP contribution in [0.5, 0.6) is 0 Å². The molecule has 0 radical (unpaired) electrons. The third kappa shape index (κ3) is 3.93. The normalized spacial score (nSPS) is 18.5. The summed E-state index contributed by atoms with van der Waals surface area (Å²) in [4.78, 5) is 11.0. The first-order valence-electron chi connectivity index (χ1n) is 8.70. The van der Waals surface area contributed by atoms with Crippen LogP contribution in [0.4, 0.5) is 0 Å². The molecule has 7 heteroatoms. The van der Waals surface area contributed by atoms with Gasteiger partial charge in [-0.2, -0.15) is 10.1 Å². The van der Waals surface area contributed by atoms with Gasteiger partial charge in [0, 0.05) is 18.7 Å². The molecule has 7 nitrogen and oxygen atoms in total. The zero-order valence-corrected chi connectivity index (χ0v) is 14.4. The van der Waals surface area contributed by atoms with Gasteiger partial charge >= 0.3 is 0 Å². The van der Waals surface area contributed by atoms with E-state index >= 15 is 0 Å². The van der Waals surface area contributed by atoms with Crippen molar-refractivity contribution in [2.45, 2.75) is 32.9 Å². The van der Waals surface area contributed by atoms with Crippen molar-refractivity contribution in [1.82, 2.24) is 29.8 Å². The Morgan fingerprint density at radius 1 is 1.24 bits per heavy atom. The van der Waals surface area contributed by atoms with Crippen molar-refractivity contribution in [3.05, 3.63) is 48.3 Å². The largest absolute Gasteiger partial charge is 0.334 e. The fourth-order valence-corrected chi connectivity index (χ4v) is 3.37. The second kappa shape index (κ2) is 7.14. The van der Waals surface area contributed by atoms with Gasteiger partial charge in [0.15, 0.2) is 5.82 Å². The predicted molar refractivity (Wildman–Crippen MR) is 92.5 cm³/mol. The summed E-state index contributed by atoms with van der Waals surface area (Å²) < 4.78 is 7.35. The first-order chi connectivity index (χ1) is 12.3. The molecule has 1 aromatic carbocycles. The summed E-state index contributed by atoms with van der Waals surface area (Å²) in [6, 6.07) is 8.14. The molecule has 1 saturated heterocycles. The van der Waals surface area contributed by atoms with Gasteiger partial charge in [-0.25, -0.2) is 4.98 Å². The van der Waals surface area contributed by atoms with Crippen LogP contribution < -0.4 is 0 Å². The van der Waals surface area contributed by atoms with Crippen molar-refractivity contribution in [2.75, 3.05) is 13.1 Å². The van der Waals surface area contributed by atoms with Gasteiger partial charge in [-0.15, -0.1) is 0 Å². The molecule has 3 aromatic rings. The monoisotopic (exact) mass is 338 g/mol. The Kier molecular flexibility index (Phi) is 4.56. The molecule has 25 heavy (non-hydrogen) atoms. The Morgan fingerprint density at radius 2 is 2.12 bits per heavy atom. The van der Waals surface area contributed by atoms with Gasteiger partial charge < -0.3 is 4.52 Å². The predicted octanol–water partition coefficient (Wildman–Crippen LogP) is 2.55. The number of aryl methyl sites for hydroxylation is 1. The average Bonchev–Trinajstić information content (AvgIpc) is 3.28. The van der Waals surface area contributed by atoms with E-state index in [9.17, 15) is 0 Å². The topological polar surface area (TPSA) is 72.9 Å². The lowest BCUT2D eigenvalue weighted by Gasteiger charge is -2.31. The lowest BCUT2D eigenvalue weighted by Crippen LogP contribution is -2.36. The van der Waals surface area contributed by atoms with Crippen molar-refractivity contribution in [3.63, 3.8) is 0 Å². The van der Waals surface area contributed by atoms with Crippen molar-refractivity contribution in [2.24, 2.45) is 5.92 Å². The van der Waals surface area contributed by atoms with Crippen LogP contribution in [-0.4, -0.2) is 42.9 Å². The fraction of sp³-hybridized carbons (Fsp3) is 0.444. The van der Waals surface area contributed by atoms with Crippen molar-refractivity contribution < 1.29 is 4.52 Å². The molecule has 0 bridgehead atoms. The Labute approximate surface area is 146 Å². The van der Waals surface area contributed by atoms with Crippen LogP contribution in [0.1, 0.15) is 24.2 Å². The minimum absolute atomic E-state index is 0.582. The number of rotatable bonds is 5. The van der Waals surface area contributed by atoms with Crippen LogP contribution >= 0.6 is 0 Å². The second-order valence-corrected chi connectivity index (χ2v) is 6.74. The van der Waals surface area contributed by atoms with Crippen molar-refractivity contribution >= 4 is 0 Å². The smallest absolute Gasteiger partial charge is 0.257 e. The average molecular weight is 338 g/mol. The maximum atomic E-state index is 5.43. The maximum absolute atomic E-state index is 5.43. The van der Waals surface area contributed by atoms with E-state index < -0.39 is 0 Å². The third-order valence-electron chi connectivity index (χ3n) is 4.65. The quantitative estimate of drug-likeness (QED) is 0.712. The molecule has 2 aromatic heterocycles. The molecule has 0 unspecified atom stereocenters. The summed E-state index contributed by atoms with van der Waals surface area (Å²) in [5.74, 6) is 1.92. The molecule has 130 valence electrons. The van der Waals surface area contributed by atoms with E-state index in [1.807, 2.05) is 16.8 Å². The second-order valence-electron chi connectivity index (χ2n) is 6.74. The van der Waals surface area contributed by atoms with E-state index in [2.05, 4.69) is 44.2 Å². The molecule has 1 fully saturated rings. The molecule has 0 saturated carbocycles. The molecule has 0 N–H and O–H groups in total. The summed E-state index contributed by atoms with van der Waals surface area (Å²) in [6.45, 7) is 5.80. The minimum atomic E-state index is 0.582. The Bertz CT molecular complexity index is 795. The van der Waals surface area contributed by atoms with E-state index in [1.54, 1.807) is 12.7 Å². The van der Waals surface area contributed by atoms with Crippen molar-refractivity contribution in [1.29, 1.82) is 0 Å². The Balaban J connectivity index is 1.37. The van der Waals surface area contributed by atoms with Crippen LogP contribution in [0.3, 0.4) is 0 Å². The van der Waals surface area contributed by atoms with Gasteiger partial charge in [-0.1, -0.05) is 22.9 Å². The number of likely N-dealkylation sites (tertiary alicyclic amines) is 1. The summed E-state index contributed by atoms with van der Waals surface area (Å²) in [7, 11) is 0. The number of hydrogen-bond acceptors (Lipinski definition) is 6. The summed E-state index contributed by atoms with van der Waals surface area (Å²) in [6.07, 6.45) is 5.78. The van der Waals surface area contributed by atoms with E-state index in [1.165, 1.54) is 18.4 Å². The molecule has 0 aliphatic carbocycles. The van der Waals surface area contributed by atoms with Crippen LogP contribution in [0.2, 0.25) is 0 Å². The summed E-state index contributed by atoms with van der Waals surface area (Å²) in [5, 5.41) is 8.36. The molecule has 0 amide bonds. The van der Waals surface area contributed by atoms with Crippen LogP contribution in [-0.2, 0) is 13.1 Å². The summed E-state index contributed by atoms with van der Waals surface area (Å²) >= 11 is 0. The van der Waals surface area contributed by atoms with Gasteiger partial charge in [-0.05, 0) is 44.4 Å². The SMILES string of the molecule is Cc1ccc(-c2nc(CN3CCC[C@H](Cn4cncn4)C3)no2)cc1. The molecule has 1 atom stereocenters. The Morgan fingerprint density at radius 3 is 2.92 bits per heavy atom. The third-order valence-corrected chi connectivity index (χ3v) is 4.65. The van der Waals surface area contributed by atoms with Gasteiger partial charge in [0.25, 0.3) is 5.89 Å². The van der Waals surface area contributed by atoms with Crippen LogP contribution in [0.15, 0.2) is 41.4 Å². The lowest BCUT2D eigenvalue weighted by atomic mass is 9.98. The summed E-state index contributed by atoms with van der Waals surface area (Å²) in [5.41, 5.74) is 2.18. The molecular weight excluding hydrogens is 316 g/mol. The van der Waals surface area contributed by atoms with Gasteiger partial charge in [-0.3, -0.25) is 9.58 Å². The molecule has 3 heterocycles. The molecule has 1 aliphatic rings. The highest BCUT2D eigenvalue weighted by Gasteiger charge is 2.22. The zero-order valence-electron chi connectivity index (χ0n) is 14.4. The van der Waals surface area contributed by atoms with Crippen molar-refractivity contribution in [3.8, 4) is 11.5 Å². The number of hydrogen-bond donors (Lipinski definition) is 0. The highest BCUT2D eigenvalue weighted by Crippen LogP contribution is 2.21. The fourth-order valence-electron chi connectivity index (χ4n) is 3.37. The number of benzene rings is 1. The first kappa shape index (κ1) is 16.0. The van der Waals surface area contributed by atoms with Gasteiger partial charge in [0.1, 0.15) is 12.7 Å². The first-order valence-corrected chi connectivity index (χ1v) is 8.70. The van der Waals surface area contributed by atoms with E-state index in [0.29, 0.717) is 11.8 Å². The van der Waals surface area contributed by atoms with E-state index in [0.717, 1.165) is 37.6 Å². The Hall–Kier alpha value is -2.54. The molecule has 0 spiro atoms. The molecule has 1 aliphatic heterocycles. The molecular formula is C18H22N6O. The van der Waals surface area contributed by atoms with Crippen LogP contribution in [0, 0.1) is 12.8 Å². The number of aromatic nitrogens is 5. The lowest BCUT2D eigenvalue weighted by molar-refractivity contribution is 0.149. The van der Waals surface area contributed by atoms with E-state index in [4.69, 9.17) is 4.52 Å². The van der Waals surface area contributed by atoms with E-state index in [-0.39, 0.29) is 0 Å². The zero-order chi connectivity index (χ0) is 17.1. The standard InChI is InChI=1S/C18H22N6O/c1-14-4-6-16(7-5-14)18-21-17(22-25-18)11-23-8-2-3-15(9-23)10-24-13-19-12-20-24/h4-7,12-13,15H,2-3,8-11H2,1H3/t15-/m0/s1. The number of nitrogens with zero attached hydrogens (tertiary/aromatic N) is 6. The highest BCUT2D eigenvalue weighted by atomic mass is 16.5. The maximum Gasteiger partial charge on any atom is 0.257 e. The molecule has 4 rings (SSSR count). The van der Waals surface area contributed by atoms with Gasteiger partial charge in [0.05, 0.1) is 6.54 Å². The van der Waals surface area contributed by atoms with Gasteiger partial charge in [0.2, 0.25) is 0 Å². The van der Waals surface area contributed by atoms with Crippen LogP contribution in [0.25, 0.3) is 11.5 Å². The minimum Gasteiger partial charge on any atom is -0.334 e. The highest BCUT2D eigenvalue weighted by molar-refractivity contribution is 5.53.